The number of ether oxygens (including phenoxy) is 4. The van der Waals surface area contributed by atoms with Crippen molar-refractivity contribution in [2.24, 2.45) is 11.1 Å². The Morgan fingerprint density at radius 2 is 1.79 bits per heavy atom. The number of nitrogens with zero attached hydrogens (tertiary/aromatic N) is 2. The fraction of sp³-hybridized carbons (Fsp3) is 0.609. The zero-order chi connectivity index (χ0) is 24.2. The van der Waals surface area contributed by atoms with E-state index in [-0.39, 0.29) is 32.4 Å². The van der Waals surface area contributed by atoms with Crippen molar-refractivity contribution in [2.75, 3.05) is 26.4 Å². The van der Waals surface area contributed by atoms with Crippen LogP contribution in [0, 0.1) is 5.92 Å². The summed E-state index contributed by atoms with van der Waals surface area (Å²) in [4.78, 5) is 31.8. The highest BCUT2D eigenvalue weighted by molar-refractivity contribution is 5.94. The summed E-state index contributed by atoms with van der Waals surface area (Å²) in [5.74, 6) is 1.13. The Morgan fingerprint density at radius 3 is 2.48 bits per heavy atom. The minimum absolute atomic E-state index is 0.203. The molecule has 3 rings (SSSR count). The van der Waals surface area contributed by atoms with Gasteiger partial charge in [-0.1, -0.05) is 11.2 Å². The van der Waals surface area contributed by atoms with Crippen LogP contribution in [0.25, 0.3) is 0 Å². The second kappa shape index (κ2) is 9.76. The first-order valence-corrected chi connectivity index (χ1v) is 10.9. The molecule has 1 unspecified atom stereocenters. The lowest BCUT2D eigenvalue weighted by Crippen LogP contribution is -2.38. The summed E-state index contributed by atoms with van der Waals surface area (Å²) >= 11 is 0. The third-order valence-electron chi connectivity index (χ3n) is 4.66. The van der Waals surface area contributed by atoms with E-state index in [4.69, 9.17) is 23.8 Å². The molecule has 2 amide bonds. The van der Waals surface area contributed by atoms with Gasteiger partial charge in [-0.2, -0.15) is 0 Å². The Hall–Kier alpha value is -3.17. The molecule has 2 aliphatic heterocycles. The minimum atomic E-state index is -0.614. The van der Waals surface area contributed by atoms with E-state index in [0.29, 0.717) is 23.8 Å². The summed E-state index contributed by atoms with van der Waals surface area (Å²) in [6.45, 7) is 12.1. The average Bonchev–Trinajstić information content (AvgIpc) is 3.30. The number of carbonyl (C=O) groups excluding carboxylic acids is 2. The molecule has 1 saturated heterocycles. The van der Waals surface area contributed by atoms with Crippen molar-refractivity contribution in [1.82, 2.24) is 10.2 Å². The van der Waals surface area contributed by atoms with Crippen LogP contribution in [0.4, 0.5) is 9.59 Å². The molecule has 0 saturated carbocycles. The first-order valence-electron chi connectivity index (χ1n) is 10.9. The van der Waals surface area contributed by atoms with Crippen LogP contribution in [0.15, 0.2) is 23.4 Å². The Morgan fingerprint density at radius 1 is 1.09 bits per heavy atom. The summed E-state index contributed by atoms with van der Waals surface area (Å²) in [6.07, 6.45) is -0.968. The standard InChI is InChI=1S/C23H33N3O7/c1-22(2,3)32-20(27)24-10-16-11-26(21(28)33-23(4,5)6)12-17(16)25-31-13-15-7-8-18-19(9-15)30-14-29-18/h7-9,16H,10-14H2,1-6H3,(H,24,27)/b25-17+. The van der Waals surface area contributed by atoms with Gasteiger partial charge >= 0.3 is 12.2 Å². The van der Waals surface area contributed by atoms with Crippen LogP contribution in [-0.4, -0.2) is 60.4 Å². The maximum absolute atomic E-state index is 12.6. The molecule has 1 aromatic carbocycles. The lowest BCUT2D eigenvalue weighted by atomic mass is 10.1. The predicted octanol–water partition coefficient (Wildman–Crippen LogP) is 3.68. The van der Waals surface area contributed by atoms with Crippen molar-refractivity contribution in [3.05, 3.63) is 23.8 Å². The Bertz CT molecular complexity index is 902. The monoisotopic (exact) mass is 463 g/mol. The van der Waals surface area contributed by atoms with Gasteiger partial charge in [0.25, 0.3) is 0 Å². The molecule has 2 heterocycles. The molecule has 0 radical (unpaired) electrons. The number of carbonyl (C=O) groups is 2. The summed E-state index contributed by atoms with van der Waals surface area (Å²) in [5, 5.41) is 7.03. The molecule has 0 aliphatic carbocycles. The zero-order valence-corrected chi connectivity index (χ0v) is 20.1. The van der Waals surface area contributed by atoms with Crippen LogP contribution in [0.2, 0.25) is 0 Å². The SMILES string of the molecule is CC(C)(C)OC(=O)NCC1CN(C(=O)OC(C)(C)C)C/C1=N\OCc1ccc2c(c1)OCO2. The molecule has 1 atom stereocenters. The molecule has 182 valence electrons. The number of likely N-dealkylation sites (tertiary alicyclic amines) is 1. The van der Waals surface area contributed by atoms with E-state index >= 15 is 0 Å². The molecule has 10 heteroatoms. The summed E-state index contributed by atoms with van der Waals surface area (Å²) < 4.78 is 21.5. The fourth-order valence-corrected chi connectivity index (χ4v) is 3.25. The summed E-state index contributed by atoms with van der Waals surface area (Å²) in [6, 6.07) is 5.53. The van der Waals surface area contributed by atoms with E-state index in [2.05, 4.69) is 10.5 Å². The lowest BCUT2D eigenvalue weighted by Gasteiger charge is -2.24. The lowest BCUT2D eigenvalue weighted by molar-refractivity contribution is 0.0292. The van der Waals surface area contributed by atoms with Crippen LogP contribution in [0.3, 0.4) is 0 Å². The maximum atomic E-state index is 12.6. The number of fused-ring (bicyclic) bond motifs is 1. The molecule has 2 aliphatic rings. The van der Waals surface area contributed by atoms with Crippen LogP contribution < -0.4 is 14.8 Å². The van der Waals surface area contributed by atoms with Gasteiger partial charge in [0.2, 0.25) is 6.79 Å². The van der Waals surface area contributed by atoms with Crippen molar-refractivity contribution in [3.8, 4) is 11.5 Å². The fourth-order valence-electron chi connectivity index (χ4n) is 3.25. The summed E-state index contributed by atoms with van der Waals surface area (Å²) in [5.41, 5.74) is 0.288. The molecule has 10 nitrogen and oxygen atoms in total. The minimum Gasteiger partial charge on any atom is -0.454 e. The van der Waals surface area contributed by atoms with Gasteiger partial charge in [0.05, 0.1) is 12.3 Å². The van der Waals surface area contributed by atoms with E-state index in [9.17, 15) is 9.59 Å². The highest BCUT2D eigenvalue weighted by atomic mass is 16.7. The van der Waals surface area contributed by atoms with Crippen molar-refractivity contribution in [3.63, 3.8) is 0 Å². The number of hydrogen-bond acceptors (Lipinski definition) is 8. The topological polar surface area (TPSA) is 108 Å². The highest BCUT2D eigenvalue weighted by Crippen LogP contribution is 2.32. The van der Waals surface area contributed by atoms with E-state index in [1.54, 1.807) is 25.7 Å². The van der Waals surface area contributed by atoms with E-state index in [1.807, 2.05) is 39.0 Å². The van der Waals surface area contributed by atoms with Crippen molar-refractivity contribution < 1.29 is 33.4 Å². The molecular weight excluding hydrogens is 430 g/mol. The van der Waals surface area contributed by atoms with Gasteiger partial charge in [-0.3, -0.25) is 0 Å². The van der Waals surface area contributed by atoms with Crippen molar-refractivity contribution >= 4 is 17.9 Å². The number of hydrogen-bond donors (Lipinski definition) is 1. The quantitative estimate of drug-likeness (QED) is 0.664. The van der Waals surface area contributed by atoms with Gasteiger partial charge in [0.15, 0.2) is 11.5 Å². The Labute approximate surface area is 194 Å². The van der Waals surface area contributed by atoms with Crippen LogP contribution in [-0.2, 0) is 20.9 Å². The highest BCUT2D eigenvalue weighted by Gasteiger charge is 2.35. The number of amides is 2. The van der Waals surface area contributed by atoms with Gasteiger partial charge in [0, 0.05) is 19.0 Å². The van der Waals surface area contributed by atoms with E-state index in [1.165, 1.54) is 0 Å². The summed E-state index contributed by atoms with van der Waals surface area (Å²) in [7, 11) is 0. The Balaban J connectivity index is 1.63. The van der Waals surface area contributed by atoms with Crippen LogP contribution in [0.1, 0.15) is 47.1 Å². The number of alkyl carbamates (subject to hydrolysis) is 1. The third kappa shape index (κ3) is 7.44. The molecule has 1 N–H and O–H groups in total. The molecule has 1 fully saturated rings. The molecule has 0 bridgehead atoms. The second-order valence-electron chi connectivity index (χ2n) is 9.98. The number of benzene rings is 1. The number of oxime groups is 1. The maximum Gasteiger partial charge on any atom is 0.410 e. The molecule has 0 aromatic heterocycles. The number of nitrogens with one attached hydrogen (secondary N) is 1. The third-order valence-corrected chi connectivity index (χ3v) is 4.66. The van der Waals surface area contributed by atoms with Crippen molar-refractivity contribution in [2.45, 2.75) is 59.4 Å². The zero-order valence-electron chi connectivity index (χ0n) is 20.1. The normalized spacial score (nSPS) is 18.9. The van der Waals surface area contributed by atoms with E-state index in [0.717, 1.165) is 5.56 Å². The van der Waals surface area contributed by atoms with Crippen LogP contribution in [0.5, 0.6) is 11.5 Å². The van der Waals surface area contributed by atoms with Crippen LogP contribution >= 0.6 is 0 Å². The van der Waals surface area contributed by atoms with Crippen molar-refractivity contribution in [1.29, 1.82) is 0 Å². The predicted molar refractivity (Wildman–Crippen MR) is 120 cm³/mol. The number of rotatable bonds is 5. The van der Waals surface area contributed by atoms with Gasteiger partial charge in [-0.15, -0.1) is 0 Å². The molecule has 0 spiro atoms. The molecular formula is C23H33N3O7. The second-order valence-corrected chi connectivity index (χ2v) is 9.98. The first kappa shape index (κ1) is 24.5. The largest absolute Gasteiger partial charge is 0.454 e. The van der Waals surface area contributed by atoms with Gasteiger partial charge in [-0.25, -0.2) is 9.59 Å². The van der Waals surface area contributed by atoms with E-state index < -0.39 is 23.4 Å². The first-order chi connectivity index (χ1) is 15.4. The molecule has 33 heavy (non-hydrogen) atoms. The van der Waals surface area contributed by atoms with Gasteiger partial charge in [-0.05, 0) is 59.2 Å². The average molecular weight is 464 g/mol. The Kier molecular flexibility index (Phi) is 7.24. The van der Waals surface area contributed by atoms with Gasteiger partial charge in [0.1, 0.15) is 17.8 Å². The molecule has 1 aromatic rings. The van der Waals surface area contributed by atoms with Gasteiger partial charge < -0.3 is 34.0 Å². The smallest absolute Gasteiger partial charge is 0.410 e.